The van der Waals surface area contributed by atoms with E-state index in [0.29, 0.717) is 11.2 Å². The van der Waals surface area contributed by atoms with Crippen LogP contribution in [0, 0.1) is 11.3 Å². The molecule has 2 fully saturated rings. The first kappa shape index (κ1) is 8.30. The minimum Gasteiger partial charge on any atom is -0.508 e. The molecule has 0 spiro atoms. The molecule has 0 bridgehead atoms. The predicted molar refractivity (Wildman–Crippen MR) is 55.2 cm³/mol. The number of fused-ring (bicyclic) bond motifs is 1. The Morgan fingerprint density at radius 3 is 2.71 bits per heavy atom. The van der Waals surface area contributed by atoms with Crippen molar-refractivity contribution in [3.63, 3.8) is 0 Å². The van der Waals surface area contributed by atoms with E-state index in [1.165, 1.54) is 31.5 Å². The highest BCUT2D eigenvalue weighted by Crippen LogP contribution is 2.56. The summed E-state index contributed by atoms with van der Waals surface area (Å²) < 4.78 is 0. The van der Waals surface area contributed by atoms with Gasteiger partial charge in [0.25, 0.3) is 0 Å². The summed E-state index contributed by atoms with van der Waals surface area (Å²) in [4.78, 5) is 0. The maximum absolute atomic E-state index is 9.18. The molecule has 1 aromatic carbocycles. The van der Waals surface area contributed by atoms with Crippen molar-refractivity contribution in [2.45, 2.75) is 12.8 Å². The van der Waals surface area contributed by atoms with Crippen LogP contribution in [0.3, 0.4) is 0 Å². The normalized spacial score (nSPS) is 34.1. The van der Waals surface area contributed by atoms with Gasteiger partial charge in [-0.3, -0.25) is 0 Å². The van der Waals surface area contributed by atoms with Crippen molar-refractivity contribution in [3.05, 3.63) is 29.8 Å². The molecule has 1 saturated carbocycles. The van der Waals surface area contributed by atoms with Crippen LogP contribution in [0.1, 0.15) is 12.0 Å². The standard InChI is InChI=1S/C12H15NO/c14-11-3-1-9(2-4-11)5-12-6-10(12)7-13-8-12/h1-4,10,13-14H,5-8H2. The number of hydrogen-bond acceptors (Lipinski definition) is 2. The topological polar surface area (TPSA) is 32.3 Å². The summed E-state index contributed by atoms with van der Waals surface area (Å²) in [7, 11) is 0. The maximum atomic E-state index is 9.18. The fourth-order valence-corrected chi connectivity index (χ4v) is 2.73. The lowest BCUT2D eigenvalue weighted by Gasteiger charge is -2.11. The summed E-state index contributed by atoms with van der Waals surface area (Å²) in [6.07, 6.45) is 2.56. The molecule has 2 unspecified atom stereocenters. The number of rotatable bonds is 2. The van der Waals surface area contributed by atoms with Crippen LogP contribution in [0.15, 0.2) is 24.3 Å². The lowest BCUT2D eigenvalue weighted by molar-refractivity contribution is 0.473. The summed E-state index contributed by atoms with van der Waals surface area (Å²) in [5, 5.41) is 12.6. The second-order valence-corrected chi connectivity index (χ2v) is 4.74. The van der Waals surface area contributed by atoms with Gasteiger partial charge in [0.1, 0.15) is 5.75 Å². The molecular formula is C12H15NO. The smallest absolute Gasteiger partial charge is 0.115 e. The zero-order chi connectivity index (χ0) is 9.60. The van der Waals surface area contributed by atoms with Gasteiger partial charge < -0.3 is 10.4 Å². The monoisotopic (exact) mass is 189 g/mol. The molecule has 0 aromatic heterocycles. The third-order valence-electron chi connectivity index (χ3n) is 3.72. The van der Waals surface area contributed by atoms with Crippen molar-refractivity contribution in [1.29, 1.82) is 0 Å². The van der Waals surface area contributed by atoms with Gasteiger partial charge in [0, 0.05) is 6.54 Å². The number of aromatic hydroxyl groups is 1. The van der Waals surface area contributed by atoms with Gasteiger partial charge in [-0.2, -0.15) is 0 Å². The molecule has 1 heterocycles. The van der Waals surface area contributed by atoms with Crippen molar-refractivity contribution >= 4 is 0 Å². The molecular weight excluding hydrogens is 174 g/mol. The van der Waals surface area contributed by atoms with Crippen LogP contribution in [0.2, 0.25) is 0 Å². The molecule has 3 rings (SSSR count). The molecule has 0 radical (unpaired) electrons. The molecule has 14 heavy (non-hydrogen) atoms. The lowest BCUT2D eigenvalue weighted by atomic mass is 9.96. The van der Waals surface area contributed by atoms with E-state index in [4.69, 9.17) is 0 Å². The van der Waals surface area contributed by atoms with Gasteiger partial charge in [-0.15, -0.1) is 0 Å². The van der Waals surface area contributed by atoms with Crippen LogP contribution in [-0.2, 0) is 6.42 Å². The Kier molecular flexibility index (Phi) is 1.62. The van der Waals surface area contributed by atoms with Crippen molar-refractivity contribution < 1.29 is 5.11 Å². The molecule has 1 aliphatic carbocycles. The highest BCUT2D eigenvalue weighted by atomic mass is 16.3. The van der Waals surface area contributed by atoms with E-state index in [-0.39, 0.29) is 0 Å². The molecule has 0 amide bonds. The third kappa shape index (κ3) is 1.22. The maximum Gasteiger partial charge on any atom is 0.115 e. The van der Waals surface area contributed by atoms with Crippen molar-refractivity contribution in [3.8, 4) is 5.75 Å². The number of benzene rings is 1. The molecule has 1 aromatic rings. The second-order valence-electron chi connectivity index (χ2n) is 4.74. The van der Waals surface area contributed by atoms with Crippen molar-refractivity contribution in [1.82, 2.24) is 5.32 Å². The molecule has 1 saturated heterocycles. The van der Waals surface area contributed by atoms with Crippen LogP contribution in [0.4, 0.5) is 0 Å². The fourth-order valence-electron chi connectivity index (χ4n) is 2.73. The predicted octanol–water partition coefficient (Wildman–Crippen LogP) is 1.54. The average molecular weight is 189 g/mol. The first-order chi connectivity index (χ1) is 6.78. The van der Waals surface area contributed by atoms with Gasteiger partial charge in [0.2, 0.25) is 0 Å². The van der Waals surface area contributed by atoms with E-state index in [1.54, 1.807) is 12.1 Å². The van der Waals surface area contributed by atoms with Crippen molar-refractivity contribution in [2.75, 3.05) is 13.1 Å². The highest BCUT2D eigenvalue weighted by molar-refractivity contribution is 5.28. The molecule has 1 aliphatic heterocycles. The minimum absolute atomic E-state index is 0.364. The number of nitrogens with one attached hydrogen (secondary N) is 1. The Labute approximate surface area is 84.0 Å². The van der Waals surface area contributed by atoms with Gasteiger partial charge in [0.05, 0.1) is 0 Å². The van der Waals surface area contributed by atoms with E-state index >= 15 is 0 Å². The summed E-state index contributed by atoms with van der Waals surface area (Å²) in [5.74, 6) is 1.28. The quantitative estimate of drug-likeness (QED) is 0.739. The van der Waals surface area contributed by atoms with Gasteiger partial charge >= 0.3 is 0 Å². The molecule has 2 atom stereocenters. The summed E-state index contributed by atoms with van der Waals surface area (Å²) in [5.41, 5.74) is 1.92. The van der Waals surface area contributed by atoms with E-state index < -0.39 is 0 Å². The second kappa shape index (κ2) is 2.74. The highest BCUT2D eigenvalue weighted by Gasteiger charge is 2.56. The van der Waals surface area contributed by atoms with E-state index in [0.717, 1.165) is 5.92 Å². The summed E-state index contributed by atoms with van der Waals surface area (Å²) in [6.45, 7) is 2.39. The Hall–Kier alpha value is -1.02. The van der Waals surface area contributed by atoms with Crippen LogP contribution >= 0.6 is 0 Å². The van der Waals surface area contributed by atoms with Crippen LogP contribution in [0.5, 0.6) is 5.75 Å². The minimum atomic E-state index is 0.364. The van der Waals surface area contributed by atoms with Gasteiger partial charge in [0.15, 0.2) is 0 Å². The van der Waals surface area contributed by atoms with E-state index in [1.807, 2.05) is 12.1 Å². The van der Waals surface area contributed by atoms with E-state index in [9.17, 15) is 5.11 Å². The average Bonchev–Trinajstić information content (AvgIpc) is 2.72. The zero-order valence-corrected chi connectivity index (χ0v) is 8.16. The van der Waals surface area contributed by atoms with Crippen LogP contribution in [0.25, 0.3) is 0 Å². The third-order valence-corrected chi connectivity index (χ3v) is 3.72. The Balaban J connectivity index is 1.76. The Bertz CT molecular complexity index is 346. The zero-order valence-electron chi connectivity index (χ0n) is 8.16. The van der Waals surface area contributed by atoms with E-state index in [2.05, 4.69) is 5.32 Å². The number of phenols is 1. The first-order valence-corrected chi connectivity index (χ1v) is 5.27. The number of piperidine rings is 1. The fraction of sp³-hybridized carbons (Fsp3) is 0.500. The van der Waals surface area contributed by atoms with Gasteiger partial charge in [-0.1, -0.05) is 12.1 Å². The molecule has 2 heteroatoms. The molecule has 74 valence electrons. The summed E-state index contributed by atoms with van der Waals surface area (Å²) in [6, 6.07) is 7.65. The molecule has 2 N–H and O–H groups in total. The molecule has 2 aliphatic rings. The largest absolute Gasteiger partial charge is 0.508 e. The molecule has 2 nitrogen and oxygen atoms in total. The SMILES string of the molecule is Oc1ccc(CC23CNCC2C3)cc1. The lowest BCUT2D eigenvalue weighted by Crippen LogP contribution is -2.17. The van der Waals surface area contributed by atoms with Crippen LogP contribution < -0.4 is 5.32 Å². The number of hydrogen-bond donors (Lipinski definition) is 2. The first-order valence-electron chi connectivity index (χ1n) is 5.27. The van der Waals surface area contributed by atoms with Crippen LogP contribution in [-0.4, -0.2) is 18.2 Å². The Morgan fingerprint density at radius 1 is 1.36 bits per heavy atom. The van der Waals surface area contributed by atoms with Gasteiger partial charge in [-0.25, -0.2) is 0 Å². The van der Waals surface area contributed by atoms with Crippen molar-refractivity contribution in [2.24, 2.45) is 11.3 Å². The van der Waals surface area contributed by atoms with Gasteiger partial charge in [-0.05, 0) is 48.4 Å². The Morgan fingerprint density at radius 2 is 2.14 bits per heavy atom. The number of phenolic OH excluding ortho intramolecular Hbond substituents is 1. The summed E-state index contributed by atoms with van der Waals surface area (Å²) >= 11 is 0.